The van der Waals surface area contributed by atoms with E-state index in [-0.39, 0.29) is 12.6 Å². The molecule has 0 radical (unpaired) electrons. The van der Waals surface area contributed by atoms with Crippen molar-refractivity contribution in [2.24, 2.45) is 5.73 Å². The Morgan fingerprint density at radius 2 is 2.05 bits per heavy atom. The first-order valence-electron chi connectivity index (χ1n) is 7.00. The van der Waals surface area contributed by atoms with Crippen LogP contribution < -0.4 is 10.5 Å². The number of hydrogen-bond donors (Lipinski definition) is 2. The van der Waals surface area contributed by atoms with Gasteiger partial charge in [0.2, 0.25) is 0 Å². The fraction of sp³-hybridized carbons (Fsp3) is 0.600. The summed E-state index contributed by atoms with van der Waals surface area (Å²) in [6.07, 6.45) is 3.89. The number of nitrogens with zero attached hydrogens (tertiary/aromatic N) is 1. The average molecular weight is 264 g/mol. The van der Waals surface area contributed by atoms with Crippen LogP contribution in [-0.4, -0.2) is 36.8 Å². The van der Waals surface area contributed by atoms with Gasteiger partial charge in [0.1, 0.15) is 5.75 Å². The fourth-order valence-corrected chi connectivity index (χ4v) is 2.62. The van der Waals surface area contributed by atoms with Crippen molar-refractivity contribution in [1.29, 1.82) is 0 Å². The third kappa shape index (κ3) is 3.69. The van der Waals surface area contributed by atoms with Gasteiger partial charge in [0.05, 0.1) is 19.8 Å². The van der Waals surface area contributed by atoms with Crippen LogP contribution in [0.2, 0.25) is 0 Å². The molecule has 106 valence electrons. The van der Waals surface area contributed by atoms with Gasteiger partial charge in [-0.1, -0.05) is 12.5 Å². The van der Waals surface area contributed by atoms with E-state index in [2.05, 4.69) is 11.0 Å². The molecule has 4 heteroatoms. The molecule has 2 rings (SSSR count). The highest BCUT2D eigenvalue weighted by Crippen LogP contribution is 2.25. The van der Waals surface area contributed by atoms with Gasteiger partial charge in [0, 0.05) is 12.1 Å². The largest absolute Gasteiger partial charge is 0.496 e. The third-order valence-corrected chi connectivity index (χ3v) is 3.77. The first-order valence-corrected chi connectivity index (χ1v) is 7.00. The molecule has 1 saturated heterocycles. The summed E-state index contributed by atoms with van der Waals surface area (Å²) in [6.45, 7) is 3.17. The Morgan fingerprint density at radius 3 is 2.68 bits per heavy atom. The van der Waals surface area contributed by atoms with Crippen molar-refractivity contribution in [3.63, 3.8) is 0 Å². The van der Waals surface area contributed by atoms with Gasteiger partial charge >= 0.3 is 0 Å². The molecule has 3 N–H and O–H groups in total. The maximum absolute atomic E-state index is 9.16. The number of ether oxygens (including phenoxy) is 1. The smallest absolute Gasteiger partial charge is 0.123 e. The van der Waals surface area contributed by atoms with Crippen LogP contribution >= 0.6 is 0 Å². The summed E-state index contributed by atoms with van der Waals surface area (Å²) >= 11 is 0. The fourth-order valence-electron chi connectivity index (χ4n) is 2.62. The maximum atomic E-state index is 9.16. The number of nitrogens with two attached hydrogens (primary N) is 1. The van der Waals surface area contributed by atoms with Crippen molar-refractivity contribution >= 4 is 0 Å². The number of aliphatic hydroxyl groups excluding tert-OH is 1. The molecule has 1 atom stereocenters. The molecule has 0 bridgehead atoms. The molecule has 1 heterocycles. The van der Waals surface area contributed by atoms with Crippen molar-refractivity contribution in [2.45, 2.75) is 31.8 Å². The van der Waals surface area contributed by atoms with E-state index >= 15 is 0 Å². The normalized spacial score (nSPS) is 18.3. The summed E-state index contributed by atoms with van der Waals surface area (Å²) in [6, 6.07) is 5.63. The monoisotopic (exact) mass is 264 g/mol. The molecule has 0 unspecified atom stereocenters. The van der Waals surface area contributed by atoms with Crippen LogP contribution in [0.15, 0.2) is 18.2 Å². The summed E-state index contributed by atoms with van der Waals surface area (Å²) in [5.41, 5.74) is 8.01. The zero-order valence-corrected chi connectivity index (χ0v) is 11.6. The van der Waals surface area contributed by atoms with E-state index in [1.807, 2.05) is 12.1 Å². The first kappa shape index (κ1) is 14.3. The van der Waals surface area contributed by atoms with Crippen molar-refractivity contribution in [3.05, 3.63) is 29.3 Å². The van der Waals surface area contributed by atoms with Gasteiger partial charge in [0.25, 0.3) is 0 Å². The van der Waals surface area contributed by atoms with E-state index in [4.69, 9.17) is 15.6 Å². The molecule has 1 aromatic carbocycles. The second kappa shape index (κ2) is 6.89. The molecular weight excluding hydrogens is 240 g/mol. The highest BCUT2D eigenvalue weighted by molar-refractivity contribution is 5.38. The van der Waals surface area contributed by atoms with Gasteiger partial charge in [-0.25, -0.2) is 0 Å². The van der Waals surface area contributed by atoms with Gasteiger partial charge in [-0.05, 0) is 43.6 Å². The first-order chi connectivity index (χ1) is 9.24. The summed E-state index contributed by atoms with van der Waals surface area (Å²) in [5, 5.41) is 9.16. The summed E-state index contributed by atoms with van der Waals surface area (Å²) < 4.78 is 5.43. The van der Waals surface area contributed by atoms with Gasteiger partial charge in [-0.3, -0.25) is 4.90 Å². The molecule has 1 fully saturated rings. The lowest BCUT2D eigenvalue weighted by molar-refractivity contribution is 0.218. The Bertz CT molecular complexity index is 403. The van der Waals surface area contributed by atoms with Crippen LogP contribution in [0.25, 0.3) is 0 Å². The third-order valence-electron chi connectivity index (χ3n) is 3.77. The Kier molecular flexibility index (Phi) is 5.19. The average Bonchev–Trinajstić information content (AvgIpc) is 2.47. The SMILES string of the molecule is COc1ccc([C@H](N)CO)cc1CN1CCCCC1. The van der Waals surface area contributed by atoms with Crippen LogP contribution in [-0.2, 0) is 6.54 Å². The lowest BCUT2D eigenvalue weighted by Gasteiger charge is -2.27. The minimum Gasteiger partial charge on any atom is -0.496 e. The van der Waals surface area contributed by atoms with Gasteiger partial charge in [-0.2, -0.15) is 0 Å². The zero-order chi connectivity index (χ0) is 13.7. The van der Waals surface area contributed by atoms with E-state index in [0.29, 0.717) is 0 Å². The van der Waals surface area contributed by atoms with E-state index < -0.39 is 0 Å². The van der Waals surface area contributed by atoms with Crippen LogP contribution in [0.4, 0.5) is 0 Å². The Hall–Kier alpha value is -1.10. The number of benzene rings is 1. The predicted molar refractivity (Wildman–Crippen MR) is 76.1 cm³/mol. The molecule has 0 aromatic heterocycles. The molecule has 1 aliphatic heterocycles. The molecule has 0 saturated carbocycles. The molecule has 1 aliphatic rings. The highest BCUT2D eigenvalue weighted by atomic mass is 16.5. The van der Waals surface area contributed by atoms with Crippen molar-refractivity contribution in [1.82, 2.24) is 4.90 Å². The van der Waals surface area contributed by atoms with Crippen LogP contribution in [0, 0.1) is 0 Å². The number of methoxy groups -OCH3 is 1. The standard InChI is InChI=1S/C15H24N2O2/c1-19-15-6-5-12(14(16)11-18)9-13(15)10-17-7-3-2-4-8-17/h5-6,9,14,18H,2-4,7-8,10-11,16H2,1H3/t14-/m1/s1. The lowest BCUT2D eigenvalue weighted by Crippen LogP contribution is -2.29. The maximum Gasteiger partial charge on any atom is 0.123 e. The predicted octanol–water partition coefficient (Wildman–Crippen LogP) is 1.67. The number of rotatable bonds is 5. The Labute approximate surface area is 115 Å². The number of piperidine rings is 1. The van der Waals surface area contributed by atoms with Gasteiger partial charge in [-0.15, -0.1) is 0 Å². The van der Waals surface area contributed by atoms with Crippen molar-refractivity contribution in [2.75, 3.05) is 26.8 Å². The van der Waals surface area contributed by atoms with E-state index in [0.717, 1.165) is 36.5 Å². The van der Waals surface area contributed by atoms with E-state index in [1.54, 1.807) is 7.11 Å². The van der Waals surface area contributed by atoms with Crippen molar-refractivity contribution in [3.8, 4) is 5.75 Å². The zero-order valence-electron chi connectivity index (χ0n) is 11.6. The molecule has 0 spiro atoms. The summed E-state index contributed by atoms with van der Waals surface area (Å²) in [4.78, 5) is 2.45. The lowest BCUT2D eigenvalue weighted by atomic mass is 10.0. The van der Waals surface area contributed by atoms with Crippen LogP contribution in [0.3, 0.4) is 0 Å². The van der Waals surface area contributed by atoms with E-state index in [1.165, 1.54) is 19.3 Å². The second-order valence-corrected chi connectivity index (χ2v) is 5.20. The topological polar surface area (TPSA) is 58.7 Å². The molecular formula is C15H24N2O2. The highest BCUT2D eigenvalue weighted by Gasteiger charge is 2.14. The van der Waals surface area contributed by atoms with Gasteiger partial charge < -0.3 is 15.6 Å². The second-order valence-electron chi connectivity index (χ2n) is 5.20. The quantitative estimate of drug-likeness (QED) is 0.849. The Morgan fingerprint density at radius 1 is 1.32 bits per heavy atom. The number of hydrogen-bond acceptors (Lipinski definition) is 4. The van der Waals surface area contributed by atoms with E-state index in [9.17, 15) is 0 Å². The summed E-state index contributed by atoms with van der Waals surface area (Å²) in [5.74, 6) is 0.902. The molecule has 0 aliphatic carbocycles. The molecule has 19 heavy (non-hydrogen) atoms. The Balaban J connectivity index is 2.15. The molecule has 1 aromatic rings. The van der Waals surface area contributed by atoms with Crippen LogP contribution in [0.5, 0.6) is 5.75 Å². The minimum absolute atomic E-state index is 0.0323. The summed E-state index contributed by atoms with van der Waals surface area (Å²) in [7, 11) is 1.70. The molecule has 0 amide bonds. The van der Waals surface area contributed by atoms with Crippen LogP contribution in [0.1, 0.15) is 36.4 Å². The minimum atomic E-state index is -0.314. The van der Waals surface area contributed by atoms with Gasteiger partial charge in [0.15, 0.2) is 0 Å². The van der Waals surface area contributed by atoms with Crippen molar-refractivity contribution < 1.29 is 9.84 Å². The number of aliphatic hydroxyl groups is 1. The molecule has 4 nitrogen and oxygen atoms in total. The number of likely N-dealkylation sites (tertiary alicyclic amines) is 1.